The van der Waals surface area contributed by atoms with E-state index in [-0.39, 0.29) is 5.75 Å². The second kappa shape index (κ2) is 15.5. The van der Waals surface area contributed by atoms with Crippen molar-refractivity contribution < 1.29 is 17.9 Å². The van der Waals surface area contributed by atoms with Crippen molar-refractivity contribution in [1.29, 1.82) is 0 Å². The Hall–Kier alpha value is -2.56. The average molecular weight is 522 g/mol. The molecule has 1 aliphatic heterocycles. The third kappa shape index (κ3) is 10.6. The second-order valence-corrected chi connectivity index (χ2v) is 11.2. The van der Waals surface area contributed by atoms with E-state index in [9.17, 15) is 8.42 Å². The molecule has 0 aromatic heterocycles. The Morgan fingerprint density at radius 2 is 1.97 bits per heavy atom. The highest BCUT2D eigenvalue weighted by atomic mass is 32.2. The summed E-state index contributed by atoms with van der Waals surface area (Å²) < 4.78 is 36.5. The SMILES string of the molecule is CC/C=C(/N=C/C=C(\C)NCCS(=O)(=O)N(C)C)Nc1ccc(OC)c(OCCCN2CCCC2)c1. The number of likely N-dealkylation sites (tertiary alicyclic amines) is 1. The third-order valence-corrected chi connectivity index (χ3v) is 7.60. The van der Waals surface area contributed by atoms with Crippen LogP contribution < -0.4 is 20.1 Å². The minimum absolute atomic E-state index is 0.0327. The molecule has 1 fully saturated rings. The number of benzene rings is 1. The summed E-state index contributed by atoms with van der Waals surface area (Å²) in [6.45, 7) is 8.34. The highest BCUT2D eigenvalue weighted by Gasteiger charge is 2.13. The molecular formula is C26H43N5O4S. The van der Waals surface area contributed by atoms with Crippen molar-refractivity contribution in [2.45, 2.75) is 39.5 Å². The van der Waals surface area contributed by atoms with Gasteiger partial charge in [-0.3, -0.25) is 0 Å². The molecule has 0 amide bonds. The maximum absolute atomic E-state index is 11.9. The second-order valence-electron chi connectivity index (χ2n) is 8.89. The van der Waals surface area contributed by atoms with Crippen LogP contribution in [-0.4, -0.2) is 83.6 Å². The molecule has 0 radical (unpaired) electrons. The van der Waals surface area contributed by atoms with Crippen LogP contribution in [0.5, 0.6) is 11.5 Å². The molecule has 1 aromatic rings. The van der Waals surface area contributed by atoms with E-state index in [1.165, 1.54) is 44.3 Å². The zero-order chi connectivity index (χ0) is 26.4. The summed E-state index contributed by atoms with van der Waals surface area (Å²) in [5.41, 5.74) is 1.69. The number of aliphatic imine (C=N–C) groups is 1. The molecule has 0 unspecified atom stereocenters. The molecule has 0 aliphatic carbocycles. The van der Waals surface area contributed by atoms with Gasteiger partial charge in [-0.05, 0) is 70.0 Å². The van der Waals surface area contributed by atoms with Crippen LogP contribution in [0.3, 0.4) is 0 Å². The number of hydrogen-bond acceptors (Lipinski definition) is 8. The minimum Gasteiger partial charge on any atom is -0.493 e. The maximum Gasteiger partial charge on any atom is 0.215 e. The van der Waals surface area contributed by atoms with E-state index in [2.05, 4.69) is 20.5 Å². The molecule has 1 aliphatic rings. The Labute approximate surface area is 217 Å². The molecule has 202 valence electrons. The summed E-state index contributed by atoms with van der Waals surface area (Å²) >= 11 is 0. The number of nitrogens with one attached hydrogen (secondary N) is 2. The van der Waals surface area contributed by atoms with Crippen LogP contribution in [0.2, 0.25) is 0 Å². The van der Waals surface area contributed by atoms with E-state index >= 15 is 0 Å². The monoisotopic (exact) mass is 521 g/mol. The fourth-order valence-corrected chi connectivity index (χ4v) is 4.39. The van der Waals surface area contributed by atoms with Gasteiger partial charge < -0.3 is 25.0 Å². The van der Waals surface area contributed by atoms with Crippen LogP contribution in [0.25, 0.3) is 0 Å². The highest BCUT2D eigenvalue weighted by molar-refractivity contribution is 7.89. The van der Waals surface area contributed by atoms with Crippen molar-refractivity contribution in [3.05, 3.63) is 41.9 Å². The first-order chi connectivity index (χ1) is 17.2. The van der Waals surface area contributed by atoms with Gasteiger partial charge in [0.1, 0.15) is 5.82 Å². The Morgan fingerprint density at radius 1 is 1.22 bits per heavy atom. The van der Waals surface area contributed by atoms with Gasteiger partial charge in [0.2, 0.25) is 10.0 Å². The lowest BCUT2D eigenvalue weighted by atomic mass is 10.2. The van der Waals surface area contributed by atoms with Gasteiger partial charge >= 0.3 is 0 Å². The molecule has 0 bridgehead atoms. The number of hydrogen-bond donors (Lipinski definition) is 2. The van der Waals surface area contributed by atoms with Gasteiger partial charge in [-0.25, -0.2) is 17.7 Å². The molecule has 9 nitrogen and oxygen atoms in total. The molecule has 1 aromatic carbocycles. The zero-order valence-electron chi connectivity index (χ0n) is 22.4. The first-order valence-electron chi connectivity index (χ1n) is 12.6. The van der Waals surface area contributed by atoms with Crippen molar-refractivity contribution in [3.8, 4) is 11.5 Å². The van der Waals surface area contributed by atoms with Gasteiger partial charge in [0.15, 0.2) is 11.5 Å². The lowest BCUT2D eigenvalue weighted by Crippen LogP contribution is -2.30. The van der Waals surface area contributed by atoms with Gasteiger partial charge in [0.25, 0.3) is 0 Å². The number of sulfonamides is 1. The van der Waals surface area contributed by atoms with Gasteiger partial charge in [-0.2, -0.15) is 0 Å². The van der Waals surface area contributed by atoms with Gasteiger partial charge in [0.05, 0.1) is 19.5 Å². The molecule has 0 atom stereocenters. The topological polar surface area (TPSA) is 95.5 Å². The summed E-state index contributed by atoms with van der Waals surface area (Å²) in [5, 5.41) is 6.44. The molecular weight excluding hydrogens is 478 g/mol. The normalized spacial score (nSPS) is 15.6. The lowest BCUT2D eigenvalue weighted by molar-refractivity contribution is 0.254. The lowest BCUT2D eigenvalue weighted by Gasteiger charge is -2.16. The number of ether oxygens (including phenoxy) is 2. The Morgan fingerprint density at radius 3 is 2.64 bits per heavy atom. The number of nitrogens with zero attached hydrogens (tertiary/aromatic N) is 3. The molecule has 0 spiro atoms. The number of methoxy groups -OCH3 is 1. The van der Waals surface area contributed by atoms with Crippen LogP contribution >= 0.6 is 0 Å². The van der Waals surface area contributed by atoms with Crippen LogP contribution in [-0.2, 0) is 10.0 Å². The van der Waals surface area contributed by atoms with Crippen molar-refractivity contribution >= 4 is 21.9 Å². The molecule has 2 N–H and O–H groups in total. The summed E-state index contributed by atoms with van der Waals surface area (Å²) in [7, 11) is 1.49. The van der Waals surface area contributed by atoms with Crippen LogP contribution in [0.15, 0.2) is 46.9 Å². The Balaban J connectivity index is 1.93. The third-order valence-electron chi connectivity index (χ3n) is 5.77. The number of rotatable bonds is 16. The first-order valence-corrected chi connectivity index (χ1v) is 14.2. The Bertz CT molecular complexity index is 1000. The quantitative estimate of drug-likeness (QED) is 0.253. The van der Waals surface area contributed by atoms with Crippen molar-refractivity contribution in [2.75, 3.05) is 65.1 Å². The van der Waals surface area contributed by atoms with E-state index in [1.807, 2.05) is 44.2 Å². The average Bonchev–Trinajstić information content (AvgIpc) is 3.35. The van der Waals surface area contributed by atoms with Gasteiger partial charge in [0, 0.05) is 50.9 Å². The van der Waals surface area contributed by atoms with E-state index in [4.69, 9.17) is 9.47 Å². The fourth-order valence-electron chi connectivity index (χ4n) is 3.67. The number of anilines is 1. The fraction of sp³-hybridized carbons (Fsp3) is 0.577. The molecule has 2 rings (SSSR count). The van der Waals surface area contributed by atoms with Crippen molar-refractivity contribution in [3.63, 3.8) is 0 Å². The molecule has 36 heavy (non-hydrogen) atoms. The predicted molar refractivity (Wildman–Crippen MR) is 149 cm³/mol. The molecule has 0 saturated carbocycles. The molecule has 10 heteroatoms. The van der Waals surface area contributed by atoms with Crippen LogP contribution in [0, 0.1) is 0 Å². The van der Waals surface area contributed by atoms with E-state index in [0.717, 1.165) is 30.8 Å². The maximum atomic E-state index is 11.9. The van der Waals surface area contributed by atoms with E-state index < -0.39 is 10.0 Å². The van der Waals surface area contributed by atoms with Crippen LogP contribution in [0.4, 0.5) is 5.69 Å². The molecule has 1 heterocycles. The Kier molecular flexibility index (Phi) is 12.8. The first kappa shape index (κ1) is 29.7. The summed E-state index contributed by atoms with van der Waals surface area (Å²) in [5.74, 6) is 2.15. The van der Waals surface area contributed by atoms with Gasteiger partial charge in [-0.1, -0.05) is 6.92 Å². The molecule has 1 saturated heterocycles. The van der Waals surface area contributed by atoms with Crippen molar-refractivity contribution in [1.82, 2.24) is 14.5 Å². The van der Waals surface area contributed by atoms with Gasteiger partial charge in [-0.15, -0.1) is 0 Å². The van der Waals surface area contributed by atoms with E-state index in [0.29, 0.717) is 30.5 Å². The zero-order valence-corrected chi connectivity index (χ0v) is 23.2. The summed E-state index contributed by atoms with van der Waals surface area (Å²) in [4.78, 5) is 7.01. The van der Waals surface area contributed by atoms with Crippen LogP contribution in [0.1, 0.15) is 39.5 Å². The minimum atomic E-state index is -3.22. The number of allylic oxidation sites excluding steroid dienone is 3. The standard InChI is InChI=1S/C26H43N5O4S/c1-6-10-26(28-14-13-22(2)27-15-20-36(32,33)30(3)4)29-23-11-12-24(34-5)25(21-23)35-19-9-18-31-16-7-8-17-31/h10-14,21,27,29H,6-9,15-20H2,1-5H3/b22-13+,26-10-,28-14+. The predicted octanol–water partition coefficient (Wildman–Crippen LogP) is 3.68. The summed E-state index contributed by atoms with van der Waals surface area (Å²) in [6, 6.07) is 5.76. The van der Waals surface area contributed by atoms with E-state index in [1.54, 1.807) is 13.3 Å². The smallest absolute Gasteiger partial charge is 0.215 e. The largest absolute Gasteiger partial charge is 0.493 e. The summed E-state index contributed by atoms with van der Waals surface area (Å²) in [6.07, 6.45) is 9.90. The highest BCUT2D eigenvalue weighted by Crippen LogP contribution is 2.31. The van der Waals surface area contributed by atoms with Crippen molar-refractivity contribution in [2.24, 2.45) is 4.99 Å².